The lowest BCUT2D eigenvalue weighted by atomic mass is 9.91. The smallest absolute Gasteiger partial charge is 0.0568 e. The van der Waals surface area contributed by atoms with Gasteiger partial charge in [0.05, 0.1) is 6.10 Å². The minimum Gasteiger partial charge on any atom is -0.393 e. The van der Waals surface area contributed by atoms with Gasteiger partial charge in [-0.05, 0) is 31.6 Å². The summed E-state index contributed by atoms with van der Waals surface area (Å²) < 4.78 is 0. The second-order valence-corrected chi connectivity index (χ2v) is 4.42. The summed E-state index contributed by atoms with van der Waals surface area (Å²) in [5.74, 6) is 3.18. The Labute approximate surface area is 87.9 Å². The number of hydrogen-bond donors (Lipinski definition) is 1. The normalized spacial score (nSPS) is 21.1. The molecule has 1 nitrogen and oxygen atoms in total. The number of hydrogen-bond acceptors (Lipinski definition) is 1. The number of rotatable bonds is 4. The molecule has 14 heavy (non-hydrogen) atoms. The standard InChI is InChI=1S/C13H22O/c1-2-3-6-11-13(14)12-9-7-4-5-8-10-12/h1,12-14H,3-11H2. The molecule has 0 aromatic rings. The fraction of sp³-hybridized carbons (Fsp3) is 0.846. The lowest BCUT2D eigenvalue weighted by Crippen LogP contribution is -2.19. The van der Waals surface area contributed by atoms with E-state index in [1.54, 1.807) is 0 Å². The van der Waals surface area contributed by atoms with Crippen molar-refractivity contribution in [3.05, 3.63) is 0 Å². The van der Waals surface area contributed by atoms with E-state index in [4.69, 9.17) is 6.42 Å². The van der Waals surface area contributed by atoms with Gasteiger partial charge in [-0.25, -0.2) is 0 Å². The van der Waals surface area contributed by atoms with Crippen LogP contribution in [0.1, 0.15) is 57.8 Å². The van der Waals surface area contributed by atoms with Crippen LogP contribution in [-0.2, 0) is 0 Å². The van der Waals surface area contributed by atoms with Crippen LogP contribution < -0.4 is 0 Å². The fourth-order valence-corrected chi connectivity index (χ4v) is 2.34. The molecule has 0 aliphatic heterocycles. The van der Waals surface area contributed by atoms with Crippen LogP contribution in [0.4, 0.5) is 0 Å². The number of terminal acetylenes is 1. The molecular formula is C13H22O. The van der Waals surface area contributed by atoms with Crippen LogP contribution in [0.5, 0.6) is 0 Å². The van der Waals surface area contributed by atoms with Gasteiger partial charge in [0.1, 0.15) is 0 Å². The van der Waals surface area contributed by atoms with Gasteiger partial charge >= 0.3 is 0 Å². The van der Waals surface area contributed by atoms with Gasteiger partial charge in [-0.1, -0.05) is 25.7 Å². The Morgan fingerprint density at radius 2 is 1.86 bits per heavy atom. The molecule has 0 radical (unpaired) electrons. The Bertz CT molecular complexity index is 172. The molecule has 0 saturated heterocycles. The van der Waals surface area contributed by atoms with E-state index in [2.05, 4.69) is 5.92 Å². The van der Waals surface area contributed by atoms with Gasteiger partial charge in [0.15, 0.2) is 0 Å². The van der Waals surface area contributed by atoms with Gasteiger partial charge in [0.25, 0.3) is 0 Å². The Kier molecular flexibility index (Phi) is 5.71. The van der Waals surface area contributed by atoms with Crippen molar-refractivity contribution >= 4 is 0 Å². The zero-order chi connectivity index (χ0) is 10.2. The van der Waals surface area contributed by atoms with E-state index in [9.17, 15) is 5.11 Å². The monoisotopic (exact) mass is 194 g/mol. The predicted molar refractivity (Wildman–Crippen MR) is 59.9 cm³/mol. The van der Waals surface area contributed by atoms with Crippen LogP contribution in [0.2, 0.25) is 0 Å². The first-order valence-corrected chi connectivity index (χ1v) is 5.96. The van der Waals surface area contributed by atoms with Crippen LogP contribution in [0.3, 0.4) is 0 Å². The number of aliphatic hydroxyl groups is 1. The second kappa shape index (κ2) is 6.90. The molecular weight excluding hydrogens is 172 g/mol. The largest absolute Gasteiger partial charge is 0.393 e. The quantitative estimate of drug-likeness (QED) is 0.414. The van der Waals surface area contributed by atoms with Gasteiger partial charge in [-0.15, -0.1) is 12.3 Å². The molecule has 1 aliphatic carbocycles. The lowest BCUT2D eigenvalue weighted by Gasteiger charge is -2.20. The zero-order valence-electron chi connectivity index (χ0n) is 9.04. The Hall–Kier alpha value is -0.480. The third kappa shape index (κ3) is 4.15. The average molecular weight is 194 g/mol. The molecule has 0 spiro atoms. The van der Waals surface area contributed by atoms with E-state index in [1.165, 1.54) is 38.5 Å². The third-order valence-electron chi connectivity index (χ3n) is 3.26. The summed E-state index contributed by atoms with van der Waals surface area (Å²) in [6, 6.07) is 0. The van der Waals surface area contributed by atoms with Gasteiger partial charge in [-0.3, -0.25) is 0 Å². The van der Waals surface area contributed by atoms with E-state index < -0.39 is 0 Å². The summed E-state index contributed by atoms with van der Waals surface area (Å²) in [6.07, 6.45) is 15.5. The molecule has 1 aliphatic rings. The molecule has 0 bridgehead atoms. The predicted octanol–water partition coefficient (Wildman–Crippen LogP) is 3.12. The summed E-state index contributed by atoms with van der Waals surface area (Å²) >= 11 is 0. The van der Waals surface area contributed by atoms with E-state index in [0.29, 0.717) is 5.92 Å². The minimum absolute atomic E-state index is 0.0959. The number of aliphatic hydroxyl groups excluding tert-OH is 1. The van der Waals surface area contributed by atoms with Crippen LogP contribution >= 0.6 is 0 Å². The summed E-state index contributed by atoms with van der Waals surface area (Å²) in [4.78, 5) is 0. The molecule has 0 heterocycles. The highest BCUT2D eigenvalue weighted by Gasteiger charge is 2.19. The second-order valence-electron chi connectivity index (χ2n) is 4.42. The molecule has 0 aromatic heterocycles. The molecule has 1 heteroatoms. The van der Waals surface area contributed by atoms with Gasteiger partial charge in [0.2, 0.25) is 0 Å². The van der Waals surface area contributed by atoms with Gasteiger partial charge in [0, 0.05) is 6.42 Å². The summed E-state index contributed by atoms with van der Waals surface area (Å²) in [6.45, 7) is 0. The van der Waals surface area contributed by atoms with E-state index in [-0.39, 0.29) is 6.10 Å². The van der Waals surface area contributed by atoms with Crippen molar-refractivity contribution < 1.29 is 5.11 Å². The van der Waals surface area contributed by atoms with Crippen molar-refractivity contribution in [1.82, 2.24) is 0 Å². The fourth-order valence-electron chi connectivity index (χ4n) is 2.34. The van der Waals surface area contributed by atoms with Crippen molar-refractivity contribution in [2.45, 2.75) is 63.9 Å². The molecule has 1 saturated carbocycles. The SMILES string of the molecule is C#CCCCC(O)C1CCCCCC1. The average Bonchev–Trinajstić information content (AvgIpc) is 2.46. The van der Waals surface area contributed by atoms with E-state index in [0.717, 1.165) is 19.3 Å². The first-order chi connectivity index (χ1) is 6.84. The highest BCUT2D eigenvalue weighted by atomic mass is 16.3. The summed E-state index contributed by atoms with van der Waals surface area (Å²) in [5.41, 5.74) is 0. The van der Waals surface area contributed by atoms with Crippen LogP contribution in [0, 0.1) is 18.3 Å². The van der Waals surface area contributed by atoms with Crippen molar-refractivity contribution in [1.29, 1.82) is 0 Å². The highest BCUT2D eigenvalue weighted by molar-refractivity contribution is 4.84. The topological polar surface area (TPSA) is 20.2 Å². The molecule has 1 fully saturated rings. The first-order valence-electron chi connectivity index (χ1n) is 5.96. The van der Waals surface area contributed by atoms with Crippen molar-refractivity contribution in [3.63, 3.8) is 0 Å². The van der Waals surface area contributed by atoms with Gasteiger partial charge < -0.3 is 5.11 Å². The van der Waals surface area contributed by atoms with E-state index in [1.807, 2.05) is 0 Å². The zero-order valence-corrected chi connectivity index (χ0v) is 9.04. The number of unbranched alkanes of at least 4 members (excludes halogenated alkanes) is 1. The highest BCUT2D eigenvalue weighted by Crippen LogP contribution is 2.27. The van der Waals surface area contributed by atoms with E-state index >= 15 is 0 Å². The van der Waals surface area contributed by atoms with Crippen molar-refractivity contribution in [2.75, 3.05) is 0 Å². The molecule has 0 aromatic carbocycles. The maximum absolute atomic E-state index is 9.96. The molecule has 0 amide bonds. The molecule has 1 rings (SSSR count). The molecule has 1 atom stereocenters. The maximum Gasteiger partial charge on any atom is 0.0568 e. The lowest BCUT2D eigenvalue weighted by molar-refractivity contribution is 0.0885. The Morgan fingerprint density at radius 1 is 1.21 bits per heavy atom. The molecule has 80 valence electrons. The Balaban J connectivity index is 2.20. The molecule has 1 unspecified atom stereocenters. The van der Waals surface area contributed by atoms with Gasteiger partial charge in [-0.2, -0.15) is 0 Å². The van der Waals surface area contributed by atoms with Crippen LogP contribution in [-0.4, -0.2) is 11.2 Å². The maximum atomic E-state index is 9.96. The summed E-state index contributed by atoms with van der Waals surface area (Å²) in [7, 11) is 0. The van der Waals surface area contributed by atoms with Crippen LogP contribution in [0.25, 0.3) is 0 Å². The van der Waals surface area contributed by atoms with Crippen LogP contribution in [0.15, 0.2) is 0 Å². The molecule has 1 N–H and O–H groups in total. The Morgan fingerprint density at radius 3 is 2.43 bits per heavy atom. The third-order valence-corrected chi connectivity index (χ3v) is 3.26. The first kappa shape index (κ1) is 11.6. The van der Waals surface area contributed by atoms with Crippen molar-refractivity contribution in [2.24, 2.45) is 5.92 Å². The van der Waals surface area contributed by atoms with Crippen molar-refractivity contribution in [3.8, 4) is 12.3 Å². The minimum atomic E-state index is -0.0959. The summed E-state index contributed by atoms with van der Waals surface area (Å²) in [5, 5.41) is 9.96.